The molecule has 1 amide bonds. The van der Waals surface area contributed by atoms with Crippen molar-refractivity contribution in [3.05, 3.63) is 35.4 Å². The van der Waals surface area contributed by atoms with E-state index in [1.807, 2.05) is 0 Å². The molecule has 0 radical (unpaired) electrons. The Labute approximate surface area is 105 Å². The summed E-state index contributed by atoms with van der Waals surface area (Å²) in [6, 6.07) is -0.0367. The fourth-order valence-corrected chi connectivity index (χ4v) is 1.68. The van der Waals surface area contributed by atoms with Gasteiger partial charge in [-0.1, -0.05) is 12.1 Å². The van der Waals surface area contributed by atoms with Crippen LogP contribution in [0.5, 0.6) is 0 Å². The van der Waals surface area contributed by atoms with Gasteiger partial charge in [0.25, 0.3) is 0 Å². The van der Waals surface area contributed by atoms with E-state index in [0.29, 0.717) is 12.8 Å². The van der Waals surface area contributed by atoms with Crippen LogP contribution in [0.4, 0.5) is 22.0 Å². The standard InChI is InChI=1S/C12H10F5NO/c13-8-3-1-2-7(9(8)14)10(12(15,16)17)18-11(19)6-4-5-6/h1-3,6,10H,4-5H2,(H,18,19). The van der Waals surface area contributed by atoms with Crippen molar-refractivity contribution in [2.75, 3.05) is 0 Å². The average molecular weight is 279 g/mol. The Morgan fingerprint density at radius 1 is 1.26 bits per heavy atom. The maximum Gasteiger partial charge on any atom is 0.412 e. The minimum absolute atomic E-state index is 0.457. The third-order valence-electron chi connectivity index (χ3n) is 2.85. The Bertz CT molecular complexity index is 495. The van der Waals surface area contributed by atoms with Gasteiger partial charge in [0, 0.05) is 11.5 Å². The predicted molar refractivity (Wildman–Crippen MR) is 56.0 cm³/mol. The minimum atomic E-state index is -4.89. The molecular formula is C12H10F5NO. The number of amides is 1. The van der Waals surface area contributed by atoms with E-state index in [1.54, 1.807) is 5.32 Å². The van der Waals surface area contributed by atoms with Crippen molar-refractivity contribution in [2.24, 2.45) is 5.92 Å². The third-order valence-corrected chi connectivity index (χ3v) is 2.85. The molecule has 1 fully saturated rings. The number of hydrogen-bond donors (Lipinski definition) is 1. The van der Waals surface area contributed by atoms with Gasteiger partial charge in [0.2, 0.25) is 5.91 Å². The Morgan fingerprint density at radius 3 is 2.42 bits per heavy atom. The molecule has 1 aromatic rings. The Morgan fingerprint density at radius 2 is 1.89 bits per heavy atom. The zero-order valence-corrected chi connectivity index (χ0v) is 9.60. The summed E-state index contributed by atoms with van der Waals surface area (Å²) in [5, 5.41) is 1.73. The number of rotatable bonds is 3. The van der Waals surface area contributed by atoms with E-state index in [9.17, 15) is 26.7 Å². The fraction of sp³-hybridized carbons (Fsp3) is 0.417. The molecule has 1 N–H and O–H groups in total. The van der Waals surface area contributed by atoms with Gasteiger partial charge in [-0.3, -0.25) is 4.79 Å². The molecule has 1 aliphatic carbocycles. The maximum absolute atomic E-state index is 13.4. The molecule has 104 valence electrons. The maximum atomic E-state index is 13.4. The second-order valence-corrected chi connectivity index (χ2v) is 4.40. The highest BCUT2D eigenvalue weighted by Crippen LogP contribution is 2.36. The van der Waals surface area contributed by atoms with Crippen molar-refractivity contribution < 1.29 is 26.7 Å². The normalized spacial score (nSPS) is 17.1. The third kappa shape index (κ3) is 3.02. The Balaban J connectivity index is 2.31. The summed E-state index contributed by atoms with van der Waals surface area (Å²) in [7, 11) is 0. The molecule has 0 bridgehead atoms. The first kappa shape index (κ1) is 13.8. The number of hydrogen-bond acceptors (Lipinski definition) is 1. The van der Waals surface area contributed by atoms with Gasteiger partial charge in [-0.25, -0.2) is 8.78 Å². The van der Waals surface area contributed by atoms with E-state index >= 15 is 0 Å². The highest BCUT2D eigenvalue weighted by Gasteiger charge is 2.45. The lowest BCUT2D eigenvalue weighted by Gasteiger charge is -2.22. The van der Waals surface area contributed by atoms with E-state index in [1.165, 1.54) is 0 Å². The van der Waals surface area contributed by atoms with Crippen molar-refractivity contribution in [1.29, 1.82) is 0 Å². The Hall–Kier alpha value is -1.66. The first-order valence-electron chi connectivity index (χ1n) is 5.61. The first-order chi connectivity index (χ1) is 8.80. The molecule has 2 rings (SSSR count). The lowest BCUT2D eigenvalue weighted by molar-refractivity contribution is -0.164. The molecule has 2 nitrogen and oxygen atoms in total. The summed E-state index contributed by atoms with van der Waals surface area (Å²) in [4.78, 5) is 11.4. The lowest BCUT2D eigenvalue weighted by Crippen LogP contribution is -2.39. The molecule has 1 aliphatic rings. The van der Waals surface area contributed by atoms with Crippen molar-refractivity contribution in [1.82, 2.24) is 5.32 Å². The number of carbonyl (C=O) groups is 1. The molecule has 0 aliphatic heterocycles. The van der Waals surface area contributed by atoms with Crippen LogP contribution in [0, 0.1) is 17.6 Å². The zero-order valence-electron chi connectivity index (χ0n) is 9.60. The first-order valence-corrected chi connectivity index (χ1v) is 5.61. The summed E-state index contributed by atoms with van der Waals surface area (Å²) < 4.78 is 65.0. The molecule has 0 saturated heterocycles. The van der Waals surface area contributed by atoms with Gasteiger partial charge in [0.1, 0.15) is 0 Å². The van der Waals surface area contributed by atoms with Gasteiger partial charge >= 0.3 is 6.18 Å². The van der Waals surface area contributed by atoms with Crippen LogP contribution in [0.3, 0.4) is 0 Å². The van der Waals surface area contributed by atoms with E-state index < -0.39 is 41.2 Å². The topological polar surface area (TPSA) is 29.1 Å². The van der Waals surface area contributed by atoms with Crippen LogP contribution in [0.2, 0.25) is 0 Å². The van der Waals surface area contributed by atoms with Crippen LogP contribution in [0.15, 0.2) is 18.2 Å². The molecule has 19 heavy (non-hydrogen) atoms. The molecule has 7 heteroatoms. The zero-order chi connectivity index (χ0) is 14.2. The van der Waals surface area contributed by atoms with Crippen LogP contribution in [-0.2, 0) is 4.79 Å². The summed E-state index contributed by atoms with van der Waals surface area (Å²) in [5.74, 6) is -4.22. The number of alkyl halides is 3. The van der Waals surface area contributed by atoms with Gasteiger partial charge in [-0.2, -0.15) is 13.2 Å². The van der Waals surface area contributed by atoms with Crippen molar-refractivity contribution in [3.63, 3.8) is 0 Å². The van der Waals surface area contributed by atoms with Gasteiger partial charge < -0.3 is 5.32 Å². The smallest absolute Gasteiger partial charge is 0.340 e. The van der Waals surface area contributed by atoms with Gasteiger partial charge in [-0.15, -0.1) is 0 Å². The fourth-order valence-electron chi connectivity index (χ4n) is 1.68. The second kappa shape index (κ2) is 4.79. The van der Waals surface area contributed by atoms with Gasteiger partial charge in [0.15, 0.2) is 17.7 Å². The van der Waals surface area contributed by atoms with Crippen LogP contribution in [0.25, 0.3) is 0 Å². The van der Waals surface area contributed by atoms with Crippen LogP contribution < -0.4 is 5.32 Å². The van der Waals surface area contributed by atoms with Crippen molar-refractivity contribution in [2.45, 2.75) is 25.1 Å². The van der Waals surface area contributed by atoms with E-state index in [2.05, 4.69) is 0 Å². The average Bonchev–Trinajstić information content (AvgIpc) is 3.12. The van der Waals surface area contributed by atoms with Crippen molar-refractivity contribution in [3.8, 4) is 0 Å². The molecule has 0 spiro atoms. The summed E-state index contributed by atoms with van der Waals surface area (Å²) in [5.41, 5.74) is -0.915. The van der Waals surface area contributed by atoms with E-state index in [-0.39, 0.29) is 0 Å². The van der Waals surface area contributed by atoms with Crippen molar-refractivity contribution >= 4 is 5.91 Å². The van der Waals surface area contributed by atoms with Gasteiger partial charge in [0.05, 0.1) is 0 Å². The predicted octanol–water partition coefficient (Wildman–Crippen LogP) is 3.09. The molecule has 0 heterocycles. The molecule has 1 aromatic carbocycles. The lowest BCUT2D eigenvalue weighted by atomic mass is 10.1. The number of carbonyl (C=O) groups excluding carboxylic acids is 1. The highest BCUT2D eigenvalue weighted by molar-refractivity contribution is 5.81. The molecule has 1 saturated carbocycles. The van der Waals surface area contributed by atoms with Crippen LogP contribution in [0.1, 0.15) is 24.4 Å². The number of halogens is 5. The van der Waals surface area contributed by atoms with E-state index in [4.69, 9.17) is 0 Å². The SMILES string of the molecule is O=C(NC(c1cccc(F)c1F)C(F)(F)F)C1CC1. The molecule has 0 aromatic heterocycles. The highest BCUT2D eigenvalue weighted by atomic mass is 19.4. The van der Waals surface area contributed by atoms with Crippen LogP contribution >= 0.6 is 0 Å². The molecular weight excluding hydrogens is 269 g/mol. The van der Waals surface area contributed by atoms with E-state index in [0.717, 1.165) is 18.2 Å². The van der Waals surface area contributed by atoms with Gasteiger partial charge in [-0.05, 0) is 18.9 Å². The molecule has 1 unspecified atom stereocenters. The quantitative estimate of drug-likeness (QED) is 0.846. The van der Waals surface area contributed by atoms with Crippen LogP contribution in [-0.4, -0.2) is 12.1 Å². The number of benzene rings is 1. The molecule has 1 atom stereocenters. The monoisotopic (exact) mass is 279 g/mol. The summed E-state index contributed by atoms with van der Waals surface area (Å²) in [6.07, 6.45) is -3.86. The Kier molecular flexibility index (Phi) is 3.47. The number of nitrogens with one attached hydrogen (secondary N) is 1. The minimum Gasteiger partial charge on any atom is -0.340 e. The largest absolute Gasteiger partial charge is 0.412 e. The summed E-state index contributed by atoms with van der Waals surface area (Å²) >= 11 is 0. The second-order valence-electron chi connectivity index (χ2n) is 4.40. The summed E-state index contributed by atoms with van der Waals surface area (Å²) in [6.45, 7) is 0.